The van der Waals surface area contributed by atoms with E-state index in [9.17, 15) is 0 Å². The minimum Gasteiger partial charge on any atom is -0.339 e. The number of rotatable bonds is 6. The van der Waals surface area contributed by atoms with Gasteiger partial charge in [-0.15, -0.1) is 0 Å². The van der Waals surface area contributed by atoms with Gasteiger partial charge in [-0.3, -0.25) is 0 Å². The minimum atomic E-state index is -0.260. The number of nitrogens with one attached hydrogen (secondary N) is 1. The van der Waals surface area contributed by atoms with Crippen LogP contribution in [0.15, 0.2) is 34.9 Å². The fourth-order valence-corrected chi connectivity index (χ4v) is 2.37. The Morgan fingerprint density at radius 3 is 2.48 bits per heavy atom. The van der Waals surface area contributed by atoms with Gasteiger partial charge in [-0.05, 0) is 32.9 Å². The van der Waals surface area contributed by atoms with Crippen LogP contribution in [0.4, 0.5) is 0 Å². The van der Waals surface area contributed by atoms with Crippen molar-refractivity contribution in [1.82, 2.24) is 15.5 Å². The largest absolute Gasteiger partial charge is 0.339 e. The van der Waals surface area contributed by atoms with Crippen LogP contribution in [-0.4, -0.2) is 22.7 Å². The third-order valence-electron chi connectivity index (χ3n) is 4.16. The molecule has 1 heterocycles. The van der Waals surface area contributed by atoms with Gasteiger partial charge in [0.15, 0.2) is 5.82 Å². The van der Waals surface area contributed by atoms with Crippen molar-refractivity contribution in [3.8, 4) is 0 Å². The number of likely N-dealkylation sites (N-methyl/N-ethyl adjacent to an activating group) is 1. The molecule has 21 heavy (non-hydrogen) atoms. The first kappa shape index (κ1) is 15.7. The molecule has 2 rings (SSSR count). The van der Waals surface area contributed by atoms with E-state index in [-0.39, 0.29) is 11.3 Å². The Kier molecular flexibility index (Phi) is 4.78. The normalized spacial score (nSPS) is 14.9. The van der Waals surface area contributed by atoms with Crippen LogP contribution in [0.5, 0.6) is 0 Å². The highest BCUT2D eigenvalue weighted by atomic mass is 16.5. The Bertz CT molecular complexity index is 562. The molecule has 114 valence electrons. The lowest BCUT2D eigenvalue weighted by Gasteiger charge is -2.21. The summed E-state index contributed by atoms with van der Waals surface area (Å²) >= 11 is 0. The van der Waals surface area contributed by atoms with Gasteiger partial charge in [0.25, 0.3) is 0 Å². The Labute approximate surface area is 127 Å². The van der Waals surface area contributed by atoms with Crippen LogP contribution in [0, 0.1) is 0 Å². The molecule has 1 aromatic carbocycles. The molecule has 2 atom stereocenters. The van der Waals surface area contributed by atoms with Crippen LogP contribution in [-0.2, 0) is 5.41 Å². The maximum absolute atomic E-state index is 5.50. The Balaban J connectivity index is 2.23. The van der Waals surface area contributed by atoms with E-state index in [1.54, 1.807) is 0 Å². The zero-order valence-corrected chi connectivity index (χ0v) is 13.6. The molecule has 0 aliphatic heterocycles. The lowest BCUT2D eigenvalue weighted by atomic mass is 9.84. The summed E-state index contributed by atoms with van der Waals surface area (Å²) in [5, 5.41) is 7.61. The Hall–Kier alpha value is -1.68. The smallest absolute Gasteiger partial charge is 0.231 e. The second-order valence-corrected chi connectivity index (χ2v) is 6.08. The highest BCUT2D eigenvalue weighted by Crippen LogP contribution is 2.30. The summed E-state index contributed by atoms with van der Waals surface area (Å²) in [6.45, 7) is 11.5. The van der Waals surface area contributed by atoms with E-state index in [2.05, 4.69) is 62.2 Å². The molecule has 4 heteroatoms. The second-order valence-electron chi connectivity index (χ2n) is 6.08. The molecule has 0 saturated carbocycles. The Morgan fingerprint density at radius 2 is 1.86 bits per heavy atom. The van der Waals surface area contributed by atoms with Crippen molar-refractivity contribution in [3.63, 3.8) is 0 Å². The molecule has 2 aromatic rings. The summed E-state index contributed by atoms with van der Waals surface area (Å²) in [6, 6.07) is 10.6. The maximum Gasteiger partial charge on any atom is 0.231 e. The fourth-order valence-electron chi connectivity index (χ4n) is 2.37. The number of hydrogen-bond donors (Lipinski definition) is 1. The fraction of sp³-hybridized carbons (Fsp3) is 0.529. The van der Waals surface area contributed by atoms with Crippen LogP contribution in [0.1, 0.15) is 57.8 Å². The van der Waals surface area contributed by atoms with E-state index < -0.39 is 0 Å². The molecular formula is C17H25N3O. The van der Waals surface area contributed by atoms with E-state index in [1.807, 2.05) is 18.2 Å². The lowest BCUT2D eigenvalue weighted by molar-refractivity contribution is 0.326. The van der Waals surface area contributed by atoms with Crippen molar-refractivity contribution in [2.24, 2.45) is 0 Å². The third-order valence-corrected chi connectivity index (χ3v) is 4.16. The molecule has 0 fully saturated rings. The number of aromatic nitrogens is 2. The molecule has 0 bridgehead atoms. The topological polar surface area (TPSA) is 51.0 Å². The first-order chi connectivity index (χ1) is 9.96. The highest BCUT2D eigenvalue weighted by Gasteiger charge is 2.30. The van der Waals surface area contributed by atoms with Gasteiger partial charge in [0, 0.05) is 6.04 Å². The zero-order chi connectivity index (χ0) is 15.5. The van der Waals surface area contributed by atoms with Gasteiger partial charge in [0.1, 0.15) is 0 Å². The van der Waals surface area contributed by atoms with Crippen molar-refractivity contribution < 1.29 is 4.52 Å². The summed E-state index contributed by atoms with van der Waals surface area (Å²) in [5.74, 6) is 1.62. The molecule has 2 unspecified atom stereocenters. The molecule has 4 nitrogen and oxygen atoms in total. The second kappa shape index (κ2) is 6.39. The molecule has 0 amide bonds. The summed E-state index contributed by atoms with van der Waals surface area (Å²) < 4.78 is 5.50. The average Bonchev–Trinajstić information content (AvgIpc) is 2.98. The van der Waals surface area contributed by atoms with Crippen molar-refractivity contribution >= 4 is 0 Å². The zero-order valence-electron chi connectivity index (χ0n) is 13.6. The molecule has 0 aliphatic rings. The lowest BCUT2D eigenvalue weighted by Crippen LogP contribution is -2.30. The highest BCUT2D eigenvalue weighted by molar-refractivity contribution is 5.30. The van der Waals surface area contributed by atoms with Gasteiger partial charge in [0.2, 0.25) is 5.89 Å². The molecule has 0 aliphatic carbocycles. The first-order valence-electron chi connectivity index (χ1n) is 7.59. The molecule has 0 spiro atoms. The van der Waals surface area contributed by atoms with Crippen molar-refractivity contribution in [2.75, 3.05) is 6.54 Å². The van der Waals surface area contributed by atoms with Gasteiger partial charge in [-0.1, -0.05) is 49.3 Å². The molecule has 1 aromatic heterocycles. The SMILES string of the molecule is CCNC(C)C(C)c1nc(C(C)(C)c2ccccc2)no1. The van der Waals surface area contributed by atoms with E-state index in [0.29, 0.717) is 11.9 Å². The van der Waals surface area contributed by atoms with Gasteiger partial charge in [-0.25, -0.2) is 0 Å². The van der Waals surface area contributed by atoms with Crippen molar-refractivity contribution in [3.05, 3.63) is 47.6 Å². The van der Waals surface area contributed by atoms with Crippen LogP contribution in [0.25, 0.3) is 0 Å². The first-order valence-corrected chi connectivity index (χ1v) is 7.59. The summed E-state index contributed by atoms with van der Waals surface area (Å²) in [4.78, 5) is 4.64. The summed E-state index contributed by atoms with van der Waals surface area (Å²) in [7, 11) is 0. The number of hydrogen-bond acceptors (Lipinski definition) is 4. The molecule has 0 saturated heterocycles. The predicted molar refractivity (Wildman–Crippen MR) is 84.4 cm³/mol. The van der Waals surface area contributed by atoms with Gasteiger partial charge >= 0.3 is 0 Å². The van der Waals surface area contributed by atoms with Crippen LogP contribution >= 0.6 is 0 Å². The summed E-state index contributed by atoms with van der Waals surface area (Å²) in [5.41, 5.74) is 0.925. The van der Waals surface area contributed by atoms with Gasteiger partial charge in [0.05, 0.1) is 11.3 Å². The monoisotopic (exact) mass is 287 g/mol. The third kappa shape index (κ3) is 3.32. The molecule has 0 radical (unpaired) electrons. The van der Waals surface area contributed by atoms with E-state index >= 15 is 0 Å². The number of benzene rings is 1. The molecule has 1 N–H and O–H groups in total. The van der Waals surface area contributed by atoms with Crippen LogP contribution < -0.4 is 5.32 Å². The quantitative estimate of drug-likeness (QED) is 0.883. The summed E-state index contributed by atoms with van der Waals surface area (Å²) in [6.07, 6.45) is 0. The van der Waals surface area contributed by atoms with E-state index in [0.717, 1.165) is 12.4 Å². The van der Waals surface area contributed by atoms with Crippen LogP contribution in [0.3, 0.4) is 0 Å². The van der Waals surface area contributed by atoms with Crippen molar-refractivity contribution in [1.29, 1.82) is 0 Å². The van der Waals surface area contributed by atoms with Crippen LogP contribution in [0.2, 0.25) is 0 Å². The standard InChI is InChI=1S/C17H25N3O/c1-6-18-13(3)12(2)15-19-16(20-21-15)17(4,5)14-10-8-7-9-11-14/h7-13,18H,6H2,1-5H3. The van der Waals surface area contributed by atoms with E-state index in [4.69, 9.17) is 4.52 Å². The number of nitrogens with zero attached hydrogens (tertiary/aromatic N) is 2. The van der Waals surface area contributed by atoms with Crippen molar-refractivity contribution in [2.45, 2.75) is 52.0 Å². The van der Waals surface area contributed by atoms with Gasteiger partial charge in [-0.2, -0.15) is 4.98 Å². The minimum absolute atomic E-state index is 0.192. The average molecular weight is 287 g/mol. The van der Waals surface area contributed by atoms with E-state index in [1.165, 1.54) is 5.56 Å². The van der Waals surface area contributed by atoms with Gasteiger partial charge < -0.3 is 9.84 Å². The predicted octanol–water partition coefficient (Wildman–Crippen LogP) is 3.50. The Morgan fingerprint density at radius 1 is 1.19 bits per heavy atom. The maximum atomic E-state index is 5.50. The molecular weight excluding hydrogens is 262 g/mol.